The zero-order valence-corrected chi connectivity index (χ0v) is 23.2. The molecule has 0 spiro atoms. The molecule has 0 aromatic heterocycles. The van der Waals surface area contributed by atoms with Gasteiger partial charge in [0.1, 0.15) is 0 Å². The van der Waals surface area contributed by atoms with E-state index in [4.69, 9.17) is 0 Å². The Bertz CT molecular complexity index is 549. The van der Waals surface area contributed by atoms with Crippen molar-refractivity contribution in [2.75, 3.05) is 0 Å². The Hall–Kier alpha value is 0. The van der Waals surface area contributed by atoms with Crippen LogP contribution in [-0.2, 0) is 0 Å². The van der Waals surface area contributed by atoms with Crippen molar-refractivity contribution in [1.29, 1.82) is 0 Å². The van der Waals surface area contributed by atoms with Gasteiger partial charge in [0.2, 0.25) is 0 Å². The van der Waals surface area contributed by atoms with Gasteiger partial charge in [0.25, 0.3) is 0 Å². The molecule has 0 aromatic rings. The summed E-state index contributed by atoms with van der Waals surface area (Å²) >= 11 is 0. The van der Waals surface area contributed by atoms with Crippen molar-refractivity contribution in [2.24, 2.45) is 82.9 Å². The molecule has 4 rings (SSSR count). The summed E-state index contributed by atoms with van der Waals surface area (Å²) in [5.41, 5.74) is 0. The predicted octanol–water partition coefficient (Wildman–Crippen LogP) is 9.73. The molecule has 0 heterocycles. The molecule has 186 valence electrons. The fourth-order valence-corrected chi connectivity index (χ4v) is 10.5. The van der Waals surface area contributed by atoms with E-state index in [9.17, 15) is 0 Å². The van der Waals surface area contributed by atoms with Gasteiger partial charge in [0.05, 0.1) is 0 Å². The fraction of sp³-hybridized carbons (Fsp3) is 1.00. The first-order valence-electron chi connectivity index (χ1n) is 15.2. The molecule has 6 unspecified atom stereocenters. The highest BCUT2D eigenvalue weighted by atomic mass is 14.5. The molecule has 4 aliphatic carbocycles. The minimum atomic E-state index is 0.928. The van der Waals surface area contributed by atoms with E-state index >= 15 is 0 Å². The molecular weight excluding hydrogens is 384 g/mol. The summed E-state index contributed by atoms with van der Waals surface area (Å²) in [5.74, 6) is 13.7. The van der Waals surface area contributed by atoms with Gasteiger partial charge in [-0.3, -0.25) is 0 Å². The van der Waals surface area contributed by atoms with Crippen molar-refractivity contribution in [3.63, 3.8) is 0 Å². The zero-order chi connectivity index (χ0) is 23.2. The lowest BCUT2D eigenvalue weighted by Crippen LogP contribution is -2.44. The van der Waals surface area contributed by atoms with Crippen molar-refractivity contribution in [2.45, 2.75) is 120 Å². The van der Waals surface area contributed by atoms with E-state index in [0.29, 0.717) is 0 Å². The second kappa shape index (κ2) is 10.3. The third kappa shape index (κ3) is 5.15. The summed E-state index contributed by atoms with van der Waals surface area (Å²) in [6.45, 7) is 20.7. The summed E-state index contributed by atoms with van der Waals surface area (Å²) < 4.78 is 0. The lowest BCUT2D eigenvalue weighted by Gasteiger charge is -2.52. The maximum atomic E-state index is 2.66. The Morgan fingerprint density at radius 2 is 0.688 bits per heavy atom. The molecular formula is C32H58. The molecule has 0 bridgehead atoms. The van der Waals surface area contributed by atoms with Crippen LogP contribution < -0.4 is 0 Å². The average Bonchev–Trinajstić information content (AvgIpc) is 2.71. The molecule has 4 saturated carbocycles. The normalized spacial score (nSPS) is 55.5. The highest BCUT2D eigenvalue weighted by Crippen LogP contribution is 2.55. The molecule has 0 nitrogen and oxygen atoms in total. The summed E-state index contributed by atoms with van der Waals surface area (Å²) in [6.07, 6.45) is 15.3. The minimum absolute atomic E-state index is 0.928. The Kier molecular flexibility index (Phi) is 8.09. The highest BCUT2D eigenvalue weighted by Gasteiger charge is 2.46. The van der Waals surface area contributed by atoms with Gasteiger partial charge in [-0.05, 0) is 134 Å². The summed E-state index contributed by atoms with van der Waals surface area (Å²) in [7, 11) is 0. The predicted molar refractivity (Wildman–Crippen MR) is 140 cm³/mol. The van der Waals surface area contributed by atoms with Crippen LogP contribution in [0.5, 0.6) is 0 Å². The smallest absolute Gasteiger partial charge is 0.0334 e. The van der Waals surface area contributed by atoms with E-state index in [2.05, 4.69) is 55.4 Å². The molecule has 0 aliphatic heterocycles. The van der Waals surface area contributed by atoms with Crippen molar-refractivity contribution in [3.8, 4) is 0 Å². The van der Waals surface area contributed by atoms with Crippen LogP contribution in [-0.4, -0.2) is 0 Å². The molecule has 0 radical (unpaired) electrons. The maximum absolute atomic E-state index is 2.66. The zero-order valence-electron chi connectivity index (χ0n) is 23.2. The third-order valence-corrected chi connectivity index (χ3v) is 12.3. The standard InChI is InChI=1S/C32H58/c1-19-9-11-27(12-10-19)28-15-22(4)31(23(5)16-28)30-17-24(6)32(25(7)18-30)29-13-20(2)26(8)21(3)14-29/h19-32H,9-18H2,1-8H3. The van der Waals surface area contributed by atoms with E-state index < -0.39 is 0 Å². The summed E-state index contributed by atoms with van der Waals surface area (Å²) in [4.78, 5) is 0. The molecule has 4 aliphatic rings. The van der Waals surface area contributed by atoms with Crippen LogP contribution in [0.1, 0.15) is 120 Å². The fourth-order valence-electron chi connectivity index (χ4n) is 10.5. The van der Waals surface area contributed by atoms with E-state index in [-0.39, 0.29) is 0 Å². The highest BCUT2D eigenvalue weighted by molar-refractivity contribution is 4.96. The largest absolute Gasteiger partial charge is 0.0625 e. The van der Waals surface area contributed by atoms with Crippen LogP contribution in [0.4, 0.5) is 0 Å². The molecule has 4 fully saturated rings. The Morgan fingerprint density at radius 3 is 1.09 bits per heavy atom. The lowest BCUT2D eigenvalue weighted by molar-refractivity contribution is -0.0303. The van der Waals surface area contributed by atoms with Gasteiger partial charge in [-0.25, -0.2) is 0 Å². The minimum Gasteiger partial charge on any atom is -0.0625 e. The van der Waals surface area contributed by atoms with Gasteiger partial charge in [0.15, 0.2) is 0 Å². The van der Waals surface area contributed by atoms with Crippen LogP contribution in [0.3, 0.4) is 0 Å². The molecule has 6 atom stereocenters. The monoisotopic (exact) mass is 442 g/mol. The van der Waals surface area contributed by atoms with Crippen LogP contribution in [0, 0.1) is 82.9 Å². The second-order valence-corrected chi connectivity index (χ2v) is 14.6. The Morgan fingerprint density at radius 1 is 0.344 bits per heavy atom. The van der Waals surface area contributed by atoms with Gasteiger partial charge in [-0.1, -0.05) is 68.2 Å². The van der Waals surface area contributed by atoms with Crippen LogP contribution in [0.2, 0.25) is 0 Å². The van der Waals surface area contributed by atoms with Gasteiger partial charge in [0, 0.05) is 0 Å². The van der Waals surface area contributed by atoms with E-state index in [1.54, 1.807) is 12.8 Å². The first-order chi connectivity index (χ1) is 15.2. The van der Waals surface area contributed by atoms with Gasteiger partial charge in [-0.15, -0.1) is 0 Å². The van der Waals surface area contributed by atoms with Crippen LogP contribution >= 0.6 is 0 Å². The van der Waals surface area contributed by atoms with Crippen molar-refractivity contribution in [3.05, 3.63) is 0 Å². The van der Waals surface area contributed by atoms with Crippen molar-refractivity contribution < 1.29 is 0 Å². The van der Waals surface area contributed by atoms with E-state index in [1.165, 1.54) is 51.4 Å². The topological polar surface area (TPSA) is 0 Å². The molecule has 0 aromatic carbocycles. The SMILES string of the molecule is CC1CCC(C2CC(C)C(C3CC(C)C(C4CC(C)C(C)C(C)C4)C(C)C3)C(C)C2)CC1. The maximum Gasteiger partial charge on any atom is -0.0334 e. The first-order valence-corrected chi connectivity index (χ1v) is 15.2. The molecule has 0 amide bonds. The number of rotatable bonds is 3. The van der Waals surface area contributed by atoms with Crippen LogP contribution in [0.25, 0.3) is 0 Å². The molecule has 0 N–H and O–H groups in total. The Labute approximate surface area is 202 Å². The van der Waals surface area contributed by atoms with Gasteiger partial charge >= 0.3 is 0 Å². The van der Waals surface area contributed by atoms with Crippen LogP contribution in [0.15, 0.2) is 0 Å². The van der Waals surface area contributed by atoms with Crippen molar-refractivity contribution in [1.82, 2.24) is 0 Å². The van der Waals surface area contributed by atoms with E-state index in [0.717, 1.165) is 82.9 Å². The third-order valence-electron chi connectivity index (χ3n) is 12.3. The molecule has 0 heteroatoms. The quantitative estimate of drug-likeness (QED) is 0.408. The Balaban J connectivity index is 1.37. The lowest BCUT2D eigenvalue weighted by atomic mass is 9.53. The van der Waals surface area contributed by atoms with Crippen molar-refractivity contribution >= 4 is 0 Å². The first kappa shape index (κ1) is 25.1. The second-order valence-electron chi connectivity index (χ2n) is 14.6. The van der Waals surface area contributed by atoms with E-state index in [1.807, 2.05) is 0 Å². The average molecular weight is 443 g/mol. The summed E-state index contributed by atoms with van der Waals surface area (Å²) in [5, 5.41) is 0. The number of hydrogen-bond donors (Lipinski definition) is 0. The molecule has 32 heavy (non-hydrogen) atoms. The van der Waals surface area contributed by atoms with Gasteiger partial charge in [-0.2, -0.15) is 0 Å². The van der Waals surface area contributed by atoms with Gasteiger partial charge < -0.3 is 0 Å². The summed E-state index contributed by atoms with van der Waals surface area (Å²) in [6, 6.07) is 0. The number of hydrogen-bond acceptors (Lipinski definition) is 0. The molecule has 0 saturated heterocycles.